The van der Waals surface area contributed by atoms with Gasteiger partial charge in [-0.15, -0.1) is 0 Å². The third-order valence-electron chi connectivity index (χ3n) is 2.74. The second kappa shape index (κ2) is 6.83. The molecular formula is C15H17BO3. The summed E-state index contributed by atoms with van der Waals surface area (Å²) in [5, 5.41) is 1.59. The summed E-state index contributed by atoms with van der Waals surface area (Å²) in [7, 11) is 8.82. The van der Waals surface area contributed by atoms with Crippen molar-refractivity contribution in [3.05, 3.63) is 34.7 Å². The van der Waals surface area contributed by atoms with Crippen molar-refractivity contribution in [3.8, 4) is 5.75 Å². The van der Waals surface area contributed by atoms with Crippen LogP contribution in [-0.2, 0) is 9.53 Å². The van der Waals surface area contributed by atoms with Crippen LogP contribution in [0.15, 0.2) is 24.3 Å². The molecule has 0 spiro atoms. The standard InChI is InChI=1S/C15H17BO3/c1-5-7-11(15(17)19-4)12-9-13(16)14(18-3)8-10(12)6-2/h5-9H,1-4H3/b7-5-,10-6+,12-11+. The molecule has 4 heteroatoms. The molecule has 0 atom stereocenters. The summed E-state index contributed by atoms with van der Waals surface area (Å²) < 4.78 is 9.98. The fourth-order valence-corrected chi connectivity index (χ4v) is 1.81. The molecule has 0 aromatic heterocycles. The van der Waals surface area contributed by atoms with Gasteiger partial charge in [0.15, 0.2) is 0 Å². The fourth-order valence-electron chi connectivity index (χ4n) is 1.81. The lowest BCUT2D eigenvalue weighted by Gasteiger charge is -2.07. The number of carbonyl (C=O) groups is 1. The number of allylic oxidation sites excluding steroid dienone is 1. The number of ether oxygens (including phenoxy) is 2. The number of esters is 1. The van der Waals surface area contributed by atoms with Gasteiger partial charge >= 0.3 is 5.97 Å². The van der Waals surface area contributed by atoms with Crippen molar-refractivity contribution >= 4 is 30.9 Å². The van der Waals surface area contributed by atoms with E-state index in [1.165, 1.54) is 7.11 Å². The molecule has 0 amide bonds. The van der Waals surface area contributed by atoms with Crippen molar-refractivity contribution < 1.29 is 14.3 Å². The molecule has 98 valence electrons. The molecule has 0 aliphatic carbocycles. The molecule has 0 saturated heterocycles. The Labute approximate surface area is 114 Å². The van der Waals surface area contributed by atoms with E-state index in [1.807, 2.05) is 19.9 Å². The van der Waals surface area contributed by atoms with E-state index in [9.17, 15) is 4.79 Å². The molecule has 3 nitrogen and oxygen atoms in total. The van der Waals surface area contributed by atoms with Crippen LogP contribution in [0.1, 0.15) is 13.8 Å². The third-order valence-corrected chi connectivity index (χ3v) is 2.74. The zero-order valence-electron chi connectivity index (χ0n) is 11.7. The average molecular weight is 256 g/mol. The van der Waals surface area contributed by atoms with E-state index < -0.39 is 5.97 Å². The van der Waals surface area contributed by atoms with E-state index in [4.69, 9.17) is 17.3 Å². The minimum Gasteiger partial charge on any atom is -0.497 e. The molecule has 0 unspecified atom stereocenters. The Morgan fingerprint density at radius 2 is 1.95 bits per heavy atom. The zero-order chi connectivity index (χ0) is 14.4. The van der Waals surface area contributed by atoms with Gasteiger partial charge in [-0.05, 0) is 30.4 Å². The van der Waals surface area contributed by atoms with Crippen molar-refractivity contribution in [2.75, 3.05) is 14.2 Å². The van der Waals surface area contributed by atoms with E-state index >= 15 is 0 Å². The summed E-state index contributed by atoms with van der Waals surface area (Å²) in [6, 6.07) is 3.53. The number of benzene rings is 1. The van der Waals surface area contributed by atoms with Gasteiger partial charge < -0.3 is 9.47 Å². The SMILES string of the molecule is [B]c1cc(=C(/C=C\C)C(=O)OC)/c(=C/C)cc1OC. The highest BCUT2D eigenvalue weighted by atomic mass is 16.5. The topological polar surface area (TPSA) is 35.5 Å². The molecule has 0 aliphatic rings. The smallest absolute Gasteiger partial charge is 0.338 e. The van der Waals surface area contributed by atoms with E-state index in [1.54, 1.807) is 31.4 Å². The van der Waals surface area contributed by atoms with Crippen molar-refractivity contribution in [1.29, 1.82) is 0 Å². The summed E-state index contributed by atoms with van der Waals surface area (Å²) in [5.41, 5.74) is 0.946. The van der Waals surface area contributed by atoms with Crippen LogP contribution in [0.4, 0.5) is 0 Å². The lowest BCUT2D eigenvalue weighted by molar-refractivity contribution is -0.133. The maximum atomic E-state index is 11.8. The van der Waals surface area contributed by atoms with E-state index in [2.05, 4.69) is 0 Å². The van der Waals surface area contributed by atoms with Crippen LogP contribution in [-0.4, -0.2) is 28.0 Å². The second-order valence-corrected chi connectivity index (χ2v) is 3.88. The Balaban J connectivity index is 3.81. The van der Waals surface area contributed by atoms with Gasteiger partial charge in [-0.3, -0.25) is 0 Å². The Morgan fingerprint density at radius 1 is 1.26 bits per heavy atom. The largest absolute Gasteiger partial charge is 0.497 e. The molecule has 0 heterocycles. The van der Waals surface area contributed by atoms with Crippen LogP contribution in [0, 0.1) is 0 Å². The summed E-state index contributed by atoms with van der Waals surface area (Å²) in [6.07, 6.45) is 5.38. The summed E-state index contributed by atoms with van der Waals surface area (Å²) in [4.78, 5) is 11.8. The highest BCUT2D eigenvalue weighted by molar-refractivity contribution is 6.34. The molecule has 19 heavy (non-hydrogen) atoms. The van der Waals surface area contributed by atoms with Gasteiger partial charge in [-0.1, -0.05) is 29.8 Å². The minimum atomic E-state index is -0.397. The molecule has 1 rings (SSSR count). The number of methoxy groups -OCH3 is 2. The predicted molar refractivity (Wildman–Crippen MR) is 78.0 cm³/mol. The molecule has 2 radical (unpaired) electrons. The van der Waals surface area contributed by atoms with Gasteiger partial charge in [0, 0.05) is 0 Å². The molecular weight excluding hydrogens is 239 g/mol. The Kier molecular flexibility index (Phi) is 5.43. The summed E-state index contributed by atoms with van der Waals surface area (Å²) in [5.74, 6) is 0.187. The van der Waals surface area contributed by atoms with Crippen molar-refractivity contribution in [3.63, 3.8) is 0 Å². The lowest BCUT2D eigenvalue weighted by atomic mass is 9.92. The monoisotopic (exact) mass is 256 g/mol. The molecule has 0 saturated carbocycles. The lowest BCUT2D eigenvalue weighted by Crippen LogP contribution is -2.33. The number of hydrogen-bond donors (Lipinski definition) is 0. The van der Waals surface area contributed by atoms with Crippen molar-refractivity contribution in [2.24, 2.45) is 0 Å². The Hall–Kier alpha value is -1.97. The van der Waals surface area contributed by atoms with Crippen LogP contribution in [0.25, 0.3) is 11.6 Å². The maximum Gasteiger partial charge on any atom is 0.338 e. The van der Waals surface area contributed by atoms with E-state index in [-0.39, 0.29) is 0 Å². The summed E-state index contributed by atoms with van der Waals surface area (Å²) >= 11 is 0. The Morgan fingerprint density at radius 3 is 2.42 bits per heavy atom. The molecule has 0 bridgehead atoms. The molecule has 1 aromatic carbocycles. The van der Waals surface area contributed by atoms with Crippen LogP contribution in [0.5, 0.6) is 5.75 Å². The van der Waals surface area contributed by atoms with Crippen molar-refractivity contribution in [1.82, 2.24) is 0 Å². The van der Waals surface area contributed by atoms with E-state index in [0.29, 0.717) is 16.8 Å². The quantitative estimate of drug-likeness (QED) is 0.572. The van der Waals surface area contributed by atoms with Crippen molar-refractivity contribution in [2.45, 2.75) is 13.8 Å². The normalized spacial score (nSPS) is 13.6. The number of rotatable bonds is 3. The van der Waals surface area contributed by atoms with Gasteiger partial charge in [0.1, 0.15) is 13.6 Å². The zero-order valence-corrected chi connectivity index (χ0v) is 11.7. The fraction of sp³-hybridized carbons (Fsp3) is 0.267. The third kappa shape index (κ3) is 3.28. The number of hydrogen-bond acceptors (Lipinski definition) is 3. The highest BCUT2D eigenvalue weighted by Gasteiger charge is 2.09. The Bertz CT molecular complexity index is 615. The van der Waals surface area contributed by atoms with E-state index in [0.717, 1.165) is 10.4 Å². The van der Waals surface area contributed by atoms with Crippen LogP contribution in [0.3, 0.4) is 0 Å². The number of carbonyl (C=O) groups excluding carboxylic acids is 1. The predicted octanol–water partition coefficient (Wildman–Crippen LogP) is 0.189. The average Bonchev–Trinajstić information content (AvgIpc) is 2.43. The van der Waals surface area contributed by atoms with Crippen LogP contribution in [0.2, 0.25) is 0 Å². The molecule has 1 aromatic rings. The molecule has 0 N–H and O–H groups in total. The first kappa shape index (κ1) is 15.1. The second-order valence-electron chi connectivity index (χ2n) is 3.88. The maximum absolute atomic E-state index is 11.8. The molecule has 0 aliphatic heterocycles. The van der Waals surface area contributed by atoms with Gasteiger partial charge in [-0.2, -0.15) is 0 Å². The van der Waals surface area contributed by atoms with Gasteiger partial charge in [-0.25, -0.2) is 4.79 Å². The van der Waals surface area contributed by atoms with Gasteiger partial charge in [0.25, 0.3) is 0 Å². The molecule has 0 fully saturated rings. The first-order chi connectivity index (χ1) is 9.08. The van der Waals surface area contributed by atoms with Crippen LogP contribution < -0.4 is 20.6 Å². The van der Waals surface area contributed by atoms with Crippen LogP contribution >= 0.6 is 0 Å². The van der Waals surface area contributed by atoms with Gasteiger partial charge in [0.05, 0.1) is 19.8 Å². The minimum absolute atomic E-state index is 0.397. The summed E-state index contributed by atoms with van der Waals surface area (Å²) in [6.45, 7) is 3.73. The first-order valence-electron chi connectivity index (χ1n) is 5.94. The first-order valence-corrected chi connectivity index (χ1v) is 5.94. The van der Waals surface area contributed by atoms with Gasteiger partial charge in [0.2, 0.25) is 0 Å². The highest BCUT2D eigenvalue weighted by Crippen LogP contribution is 2.01.